The zero-order valence-corrected chi connectivity index (χ0v) is 16.6. The molecule has 1 N–H and O–H groups in total. The summed E-state index contributed by atoms with van der Waals surface area (Å²) in [5.41, 5.74) is 3.38. The lowest BCUT2D eigenvalue weighted by Gasteiger charge is -2.37. The number of urea groups is 1. The lowest BCUT2D eigenvalue weighted by molar-refractivity contribution is 0.208. The summed E-state index contributed by atoms with van der Waals surface area (Å²) < 4.78 is 0. The average Bonchev–Trinajstić information content (AvgIpc) is 2.75. The molecule has 0 aromatic heterocycles. The summed E-state index contributed by atoms with van der Waals surface area (Å²) in [6.45, 7) is 7.60. The van der Waals surface area contributed by atoms with E-state index in [-0.39, 0.29) is 6.03 Å². The van der Waals surface area contributed by atoms with Crippen molar-refractivity contribution in [2.75, 3.05) is 74.5 Å². The molecule has 2 aromatic carbocycles. The van der Waals surface area contributed by atoms with Crippen molar-refractivity contribution in [1.82, 2.24) is 9.80 Å². The van der Waals surface area contributed by atoms with E-state index in [4.69, 9.17) is 0 Å². The van der Waals surface area contributed by atoms with Gasteiger partial charge in [-0.25, -0.2) is 4.79 Å². The first kappa shape index (κ1) is 18.6. The van der Waals surface area contributed by atoms with Crippen LogP contribution in [-0.2, 0) is 0 Å². The molecule has 6 nitrogen and oxygen atoms in total. The topological polar surface area (TPSA) is 42.1 Å². The summed E-state index contributed by atoms with van der Waals surface area (Å²) in [4.78, 5) is 21.5. The molecule has 28 heavy (non-hydrogen) atoms. The zero-order chi connectivity index (χ0) is 19.3. The first-order valence-electron chi connectivity index (χ1n) is 10.1. The van der Waals surface area contributed by atoms with Crippen molar-refractivity contribution >= 4 is 23.1 Å². The Kier molecular flexibility index (Phi) is 5.67. The Morgan fingerprint density at radius 1 is 0.714 bits per heavy atom. The van der Waals surface area contributed by atoms with Crippen molar-refractivity contribution in [3.8, 4) is 0 Å². The highest BCUT2D eigenvalue weighted by Gasteiger charge is 2.21. The highest BCUT2D eigenvalue weighted by Crippen LogP contribution is 2.23. The number of hydrogen-bond acceptors (Lipinski definition) is 4. The maximum atomic E-state index is 12.4. The van der Waals surface area contributed by atoms with E-state index in [1.807, 2.05) is 35.2 Å². The van der Waals surface area contributed by atoms with Gasteiger partial charge in [-0.3, -0.25) is 0 Å². The number of anilines is 3. The highest BCUT2D eigenvalue weighted by molar-refractivity contribution is 5.89. The van der Waals surface area contributed by atoms with Gasteiger partial charge < -0.3 is 24.9 Å². The van der Waals surface area contributed by atoms with Crippen molar-refractivity contribution in [2.45, 2.75) is 0 Å². The number of amides is 2. The number of carbonyl (C=O) groups is 1. The molecule has 148 valence electrons. The molecule has 2 aliphatic heterocycles. The molecule has 0 radical (unpaired) electrons. The number of likely N-dealkylation sites (N-methyl/N-ethyl adjacent to an activating group) is 1. The molecular formula is C22H29N5O. The lowest BCUT2D eigenvalue weighted by Crippen LogP contribution is -2.50. The van der Waals surface area contributed by atoms with Crippen LogP contribution in [0.4, 0.5) is 21.9 Å². The third-order valence-electron chi connectivity index (χ3n) is 5.68. The Bertz CT molecular complexity index is 763. The maximum Gasteiger partial charge on any atom is 0.321 e. The Labute approximate surface area is 167 Å². The van der Waals surface area contributed by atoms with E-state index >= 15 is 0 Å². The summed E-state index contributed by atoms with van der Waals surface area (Å²) in [5.74, 6) is 0. The number of para-hydroxylation sites is 1. The lowest BCUT2D eigenvalue weighted by atomic mass is 10.2. The van der Waals surface area contributed by atoms with Gasteiger partial charge in [0.2, 0.25) is 0 Å². The van der Waals surface area contributed by atoms with Crippen molar-refractivity contribution in [1.29, 1.82) is 0 Å². The third kappa shape index (κ3) is 4.39. The van der Waals surface area contributed by atoms with E-state index in [0.29, 0.717) is 0 Å². The summed E-state index contributed by atoms with van der Waals surface area (Å²) >= 11 is 0. The second-order valence-corrected chi connectivity index (χ2v) is 7.58. The van der Waals surface area contributed by atoms with Gasteiger partial charge in [0.25, 0.3) is 0 Å². The summed E-state index contributed by atoms with van der Waals surface area (Å²) in [6.07, 6.45) is 0. The monoisotopic (exact) mass is 379 g/mol. The number of piperazine rings is 2. The number of benzene rings is 2. The van der Waals surface area contributed by atoms with Gasteiger partial charge >= 0.3 is 6.03 Å². The van der Waals surface area contributed by atoms with Crippen LogP contribution in [0.25, 0.3) is 0 Å². The summed E-state index contributed by atoms with van der Waals surface area (Å²) in [6, 6.07) is 18.5. The second kappa shape index (κ2) is 8.52. The summed E-state index contributed by atoms with van der Waals surface area (Å²) in [5, 5.41) is 2.97. The Balaban J connectivity index is 1.29. The fourth-order valence-corrected chi connectivity index (χ4v) is 3.83. The van der Waals surface area contributed by atoms with E-state index in [9.17, 15) is 4.79 Å². The minimum Gasteiger partial charge on any atom is -0.369 e. The SMILES string of the molecule is CN1CCN(c2ccc(N3CCN(C(=O)Nc4ccccc4)CC3)cc2)CC1. The van der Waals surface area contributed by atoms with Crippen molar-refractivity contribution in [3.63, 3.8) is 0 Å². The fraction of sp³-hybridized carbons (Fsp3) is 0.409. The number of nitrogens with one attached hydrogen (secondary N) is 1. The molecule has 0 aliphatic carbocycles. The van der Waals surface area contributed by atoms with Gasteiger partial charge in [-0.2, -0.15) is 0 Å². The molecule has 2 aliphatic rings. The van der Waals surface area contributed by atoms with Gasteiger partial charge in [0.05, 0.1) is 0 Å². The number of nitrogens with zero attached hydrogens (tertiary/aromatic N) is 4. The fourth-order valence-electron chi connectivity index (χ4n) is 3.83. The van der Waals surface area contributed by atoms with Gasteiger partial charge in [-0.1, -0.05) is 18.2 Å². The minimum atomic E-state index is -0.0173. The Morgan fingerprint density at radius 2 is 1.21 bits per heavy atom. The van der Waals surface area contributed by atoms with Crippen LogP contribution in [0.15, 0.2) is 54.6 Å². The van der Waals surface area contributed by atoms with E-state index in [0.717, 1.165) is 58.0 Å². The van der Waals surface area contributed by atoms with Crippen LogP contribution >= 0.6 is 0 Å². The van der Waals surface area contributed by atoms with Gasteiger partial charge in [0, 0.05) is 69.4 Å². The van der Waals surface area contributed by atoms with Crippen LogP contribution in [0.3, 0.4) is 0 Å². The van der Waals surface area contributed by atoms with Crippen molar-refractivity contribution in [2.24, 2.45) is 0 Å². The normalized spacial score (nSPS) is 18.2. The van der Waals surface area contributed by atoms with Crippen LogP contribution in [0, 0.1) is 0 Å². The predicted octanol–water partition coefficient (Wildman–Crippen LogP) is 2.79. The second-order valence-electron chi connectivity index (χ2n) is 7.58. The molecule has 0 unspecified atom stereocenters. The number of rotatable bonds is 3. The van der Waals surface area contributed by atoms with Crippen LogP contribution < -0.4 is 15.1 Å². The molecule has 0 saturated carbocycles. The Hall–Kier alpha value is -2.73. The van der Waals surface area contributed by atoms with E-state index < -0.39 is 0 Å². The predicted molar refractivity (Wildman–Crippen MR) is 115 cm³/mol. The zero-order valence-electron chi connectivity index (χ0n) is 16.6. The molecule has 2 heterocycles. The molecule has 2 saturated heterocycles. The van der Waals surface area contributed by atoms with Gasteiger partial charge in [-0.15, -0.1) is 0 Å². The molecule has 4 rings (SSSR count). The molecule has 6 heteroatoms. The summed E-state index contributed by atoms with van der Waals surface area (Å²) in [7, 11) is 2.18. The first-order chi connectivity index (χ1) is 13.7. The molecule has 2 fully saturated rings. The van der Waals surface area contributed by atoms with Crippen LogP contribution in [-0.4, -0.2) is 75.2 Å². The van der Waals surface area contributed by atoms with E-state index in [2.05, 4.69) is 51.3 Å². The quantitative estimate of drug-likeness (QED) is 0.891. The minimum absolute atomic E-state index is 0.0173. The van der Waals surface area contributed by atoms with Crippen LogP contribution in [0.2, 0.25) is 0 Å². The molecule has 0 spiro atoms. The third-order valence-corrected chi connectivity index (χ3v) is 5.68. The smallest absolute Gasteiger partial charge is 0.321 e. The van der Waals surface area contributed by atoms with Gasteiger partial charge in [0.15, 0.2) is 0 Å². The highest BCUT2D eigenvalue weighted by atomic mass is 16.2. The molecular weight excluding hydrogens is 350 g/mol. The van der Waals surface area contributed by atoms with Gasteiger partial charge in [-0.05, 0) is 43.4 Å². The number of hydrogen-bond donors (Lipinski definition) is 1. The van der Waals surface area contributed by atoms with Crippen LogP contribution in [0.1, 0.15) is 0 Å². The Morgan fingerprint density at radius 3 is 1.75 bits per heavy atom. The van der Waals surface area contributed by atoms with Gasteiger partial charge in [0.1, 0.15) is 0 Å². The van der Waals surface area contributed by atoms with Crippen molar-refractivity contribution < 1.29 is 4.79 Å². The maximum absolute atomic E-state index is 12.4. The molecule has 0 bridgehead atoms. The largest absolute Gasteiger partial charge is 0.369 e. The molecule has 0 atom stereocenters. The first-order valence-corrected chi connectivity index (χ1v) is 10.1. The molecule has 2 amide bonds. The standard InChI is InChI=1S/C22H29N5O/c1-24-11-13-25(14-12-24)20-7-9-21(10-8-20)26-15-17-27(18-16-26)22(28)23-19-5-3-2-4-6-19/h2-10H,11-18H2,1H3,(H,23,28). The average molecular weight is 380 g/mol. The molecule has 2 aromatic rings. The van der Waals surface area contributed by atoms with Crippen molar-refractivity contribution in [3.05, 3.63) is 54.6 Å². The van der Waals surface area contributed by atoms with E-state index in [1.54, 1.807) is 0 Å². The van der Waals surface area contributed by atoms with Crippen LogP contribution in [0.5, 0.6) is 0 Å². The van der Waals surface area contributed by atoms with E-state index in [1.165, 1.54) is 11.4 Å². The number of carbonyl (C=O) groups excluding carboxylic acids is 1.